The third-order valence-corrected chi connectivity index (χ3v) is 4.08. The third kappa shape index (κ3) is 3.85. The normalized spacial score (nSPS) is 10.7. The Morgan fingerprint density at radius 2 is 1.92 bits per heavy atom. The summed E-state index contributed by atoms with van der Waals surface area (Å²) in [5, 5.41) is 7.26. The minimum atomic E-state index is -0.371. The SMILES string of the molecule is Cc1ccc(NC(=O)c2c(C)nn(Cc3ccc(F)cc3)c2Cl)nc1. The topological polar surface area (TPSA) is 59.8 Å². The Labute approximate surface area is 149 Å². The first-order chi connectivity index (χ1) is 11.9. The smallest absolute Gasteiger partial charge is 0.261 e. The van der Waals surface area contributed by atoms with Gasteiger partial charge < -0.3 is 5.32 Å². The maximum Gasteiger partial charge on any atom is 0.261 e. The Kier molecular flexibility index (Phi) is 4.81. The van der Waals surface area contributed by atoms with Gasteiger partial charge in [-0.15, -0.1) is 0 Å². The predicted molar refractivity (Wildman–Crippen MR) is 94.4 cm³/mol. The number of hydrogen-bond donors (Lipinski definition) is 1. The summed E-state index contributed by atoms with van der Waals surface area (Å²) in [6, 6.07) is 9.62. The molecule has 0 aliphatic rings. The molecule has 0 fully saturated rings. The minimum Gasteiger partial charge on any atom is -0.306 e. The van der Waals surface area contributed by atoms with Crippen molar-refractivity contribution in [2.75, 3.05) is 5.32 Å². The van der Waals surface area contributed by atoms with E-state index in [1.807, 2.05) is 13.0 Å². The fraction of sp³-hybridized carbons (Fsp3) is 0.167. The molecule has 0 unspecified atom stereocenters. The highest BCUT2D eigenvalue weighted by Gasteiger charge is 2.20. The monoisotopic (exact) mass is 358 g/mol. The van der Waals surface area contributed by atoms with E-state index in [2.05, 4.69) is 15.4 Å². The summed E-state index contributed by atoms with van der Waals surface area (Å²) in [6.45, 7) is 3.97. The molecule has 25 heavy (non-hydrogen) atoms. The molecule has 0 bridgehead atoms. The molecule has 3 aromatic rings. The number of anilines is 1. The molecule has 0 aliphatic carbocycles. The van der Waals surface area contributed by atoms with Gasteiger partial charge in [0.05, 0.1) is 17.8 Å². The molecule has 0 spiro atoms. The highest BCUT2D eigenvalue weighted by Crippen LogP contribution is 2.22. The van der Waals surface area contributed by atoms with Gasteiger partial charge in [-0.05, 0) is 43.2 Å². The van der Waals surface area contributed by atoms with E-state index in [1.165, 1.54) is 16.8 Å². The van der Waals surface area contributed by atoms with Crippen LogP contribution in [0.2, 0.25) is 5.15 Å². The number of aryl methyl sites for hydroxylation is 2. The number of benzene rings is 1. The van der Waals surface area contributed by atoms with Crippen molar-refractivity contribution in [2.24, 2.45) is 0 Å². The van der Waals surface area contributed by atoms with Crippen LogP contribution in [0.1, 0.15) is 27.2 Å². The van der Waals surface area contributed by atoms with E-state index in [-0.39, 0.29) is 16.9 Å². The van der Waals surface area contributed by atoms with Crippen LogP contribution in [0.4, 0.5) is 10.2 Å². The molecule has 7 heteroatoms. The second-order valence-electron chi connectivity index (χ2n) is 5.71. The zero-order valence-electron chi connectivity index (χ0n) is 13.8. The Morgan fingerprint density at radius 1 is 1.20 bits per heavy atom. The van der Waals surface area contributed by atoms with Crippen molar-refractivity contribution < 1.29 is 9.18 Å². The quantitative estimate of drug-likeness (QED) is 0.767. The lowest BCUT2D eigenvalue weighted by Gasteiger charge is -2.06. The molecule has 1 aromatic carbocycles. The zero-order chi connectivity index (χ0) is 18.0. The van der Waals surface area contributed by atoms with Crippen LogP contribution in [0.15, 0.2) is 42.6 Å². The van der Waals surface area contributed by atoms with E-state index >= 15 is 0 Å². The molecule has 0 saturated heterocycles. The molecule has 0 aliphatic heterocycles. The first-order valence-corrected chi connectivity index (χ1v) is 8.03. The number of halogens is 2. The van der Waals surface area contributed by atoms with Crippen molar-refractivity contribution in [1.29, 1.82) is 0 Å². The molecule has 2 aromatic heterocycles. The number of carbonyl (C=O) groups excluding carboxylic acids is 1. The molecule has 1 amide bonds. The highest BCUT2D eigenvalue weighted by atomic mass is 35.5. The lowest BCUT2D eigenvalue weighted by Crippen LogP contribution is -2.14. The van der Waals surface area contributed by atoms with Gasteiger partial charge in [-0.3, -0.25) is 4.79 Å². The van der Waals surface area contributed by atoms with Gasteiger partial charge in [0, 0.05) is 6.20 Å². The van der Waals surface area contributed by atoms with Gasteiger partial charge in [0.2, 0.25) is 0 Å². The number of hydrogen-bond acceptors (Lipinski definition) is 3. The van der Waals surface area contributed by atoms with E-state index < -0.39 is 0 Å². The van der Waals surface area contributed by atoms with Crippen LogP contribution in [0.5, 0.6) is 0 Å². The highest BCUT2D eigenvalue weighted by molar-refractivity contribution is 6.33. The number of nitrogens with one attached hydrogen (secondary N) is 1. The zero-order valence-corrected chi connectivity index (χ0v) is 14.5. The van der Waals surface area contributed by atoms with Gasteiger partial charge in [-0.1, -0.05) is 29.8 Å². The van der Waals surface area contributed by atoms with Gasteiger partial charge in [0.15, 0.2) is 0 Å². The molecule has 0 radical (unpaired) electrons. The second-order valence-corrected chi connectivity index (χ2v) is 6.07. The molecule has 0 saturated carbocycles. The molecule has 128 valence electrons. The summed E-state index contributed by atoms with van der Waals surface area (Å²) in [5.74, 6) is -0.237. The number of aromatic nitrogens is 3. The molecule has 3 rings (SSSR count). The van der Waals surface area contributed by atoms with Crippen molar-refractivity contribution in [3.63, 3.8) is 0 Å². The van der Waals surface area contributed by atoms with Crippen LogP contribution >= 0.6 is 11.6 Å². The maximum absolute atomic E-state index is 13.0. The molecular formula is C18H16ClFN4O. The molecular weight excluding hydrogens is 343 g/mol. The average molecular weight is 359 g/mol. The Hall–Kier alpha value is -2.73. The molecule has 0 atom stereocenters. The molecule has 2 heterocycles. The first kappa shape index (κ1) is 17.1. The minimum absolute atomic E-state index is 0.228. The van der Waals surface area contributed by atoms with Crippen LogP contribution in [0, 0.1) is 19.7 Å². The molecule has 5 nitrogen and oxygen atoms in total. The van der Waals surface area contributed by atoms with Gasteiger partial charge in [0.25, 0.3) is 5.91 Å². The number of carbonyl (C=O) groups is 1. The Bertz CT molecular complexity index is 904. The summed E-state index contributed by atoms with van der Waals surface area (Å²) in [5.41, 5.74) is 2.64. The summed E-state index contributed by atoms with van der Waals surface area (Å²) in [7, 11) is 0. The molecule has 1 N–H and O–H groups in total. The largest absolute Gasteiger partial charge is 0.306 e. The van der Waals surface area contributed by atoms with Crippen molar-refractivity contribution in [1.82, 2.24) is 14.8 Å². The van der Waals surface area contributed by atoms with E-state index in [4.69, 9.17) is 11.6 Å². The van der Waals surface area contributed by atoms with Crippen LogP contribution in [-0.2, 0) is 6.54 Å². The van der Waals surface area contributed by atoms with Crippen LogP contribution in [0.25, 0.3) is 0 Å². The van der Waals surface area contributed by atoms with Crippen LogP contribution < -0.4 is 5.32 Å². The lowest BCUT2D eigenvalue weighted by atomic mass is 10.2. The van der Waals surface area contributed by atoms with Gasteiger partial charge >= 0.3 is 0 Å². The van der Waals surface area contributed by atoms with Crippen molar-refractivity contribution in [3.8, 4) is 0 Å². The lowest BCUT2D eigenvalue weighted by molar-refractivity contribution is 0.102. The average Bonchev–Trinajstić information content (AvgIpc) is 2.85. The van der Waals surface area contributed by atoms with E-state index in [0.717, 1.165) is 11.1 Å². The second kappa shape index (κ2) is 7.03. The van der Waals surface area contributed by atoms with Gasteiger partial charge in [0.1, 0.15) is 16.8 Å². The van der Waals surface area contributed by atoms with E-state index in [9.17, 15) is 9.18 Å². The third-order valence-electron chi connectivity index (χ3n) is 3.69. The first-order valence-electron chi connectivity index (χ1n) is 7.65. The number of rotatable bonds is 4. The summed E-state index contributed by atoms with van der Waals surface area (Å²) in [4.78, 5) is 16.7. The van der Waals surface area contributed by atoms with Crippen molar-refractivity contribution in [2.45, 2.75) is 20.4 Å². The van der Waals surface area contributed by atoms with E-state index in [0.29, 0.717) is 23.6 Å². The fourth-order valence-corrected chi connectivity index (χ4v) is 2.72. The van der Waals surface area contributed by atoms with Crippen molar-refractivity contribution in [3.05, 3.63) is 75.9 Å². The van der Waals surface area contributed by atoms with Gasteiger partial charge in [-0.25, -0.2) is 14.1 Å². The van der Waals surface area contributed by atoms with E-state index in [1.54, 1.807) is 31.3 Å². The number of pyridine rings is 1. The maximum atomic E-state index is 13.0. The fourth-order valence-electron chi connectivity index (χ4n) is 2.40. The summed E-state index contributed by atoms with van der Waals surface area (Å²) in [6.07, 6.45) is 1.67. The van der Waals surface area contributed by atoms with Crippen LogP contribution in [-0.4, -0.2) is 20.7 Å². The Balaban J connectivity index is 1.82. The number of nitrogens with zero attached hydrogens (tertiary/aromatic N) is 3. The number of amides is 1. The summed E-state index contributed by atoms with van der Waals surface area (Å²) < 4.78 is 14.5. The standard InChI is InChI=1S/C18H16ClFN4O/c1-11-3-8-15(21-9-11)22-18(25)16-12(2)23-24(17(16)19)10-13-4-6-14(20)7-5-13/h3-9H,10H2,1-2H3,(H,21,22,25). The summed E-state index contributed by atoms with van der Waals surface area (Å²) >= 11 is 6.34. The van der Waals surface area contributed by atoms with Crippen LogP contribution in [0.3, 0.4) is 0 Å². The van der Waals surface area contributed by atoms with Gasteiger partial charge in [-0.2, -0.15) is 5.10 Å². The Morgan fingerprint density at radius 3 is 2.56 bits per heavy atom. The predicted octanol–water partition coefficient (Wildman–Crippen LogP) is 3.99. The van der Waals surface area contributed by atoms with Crippen molar-refractivity contribution >= 4 is 23.3 Å².